The highest BCUT2D eigenvalue weighted by atomic mass is 32.2. The lowest BCUT2D eigenvalue weighted by Crippen LogP contribution is -1.90. The van der Waals surface area contributed by atoms with Crippen LogP contribution >= 0.6 is 23.1 Å². The van der Waals surface area contributed by atoms with Gasteiger partial charge in [0, 0.05) is 11.4 Å². The number of nitrogens with zero attached hydrogens (tertiary/aromatic N) is 2. The van der Waals surface area contributed by atoms with E-state index in [1.54, 1.807) is 23.1 Å². The Morgan fingerprint density at radius 2 is 2.24 bits per heavy atom. The number of aryl methyl sites for hydroxylation is 2. The van der Waals surface area contributed by atoms with Crippen LogP contribution in [0.15, 0.2) is 28.6 Å². The molecule has 3 nitrogen and oxygen atoms in total. The van der Waals surface area contributed by atoms with Gasteiger partial charge in [0.1, 0.15) is 5.01 Å². The predicted molar refractivity (Wildman–Crippen MR) is 74.5 cm³/mol. The number of thioether (sulfide) groups is 1. The largest absolute Gasteiger partial charge is 0.399 e. The van der Waals surface area contributed by atoms with Gasteiger partial charge in [-0.3, -0.25) is 0 Å². The van der Waals surface area contributed by atoms with Crippen molar-refractivity contribution in [3.63, 3.8) is 0 Å². The number of anilines is 1. The molecule has 1 aromatic carbocycles. The van der Waals surface area contributed by atoms with Crippen molar-refractivity contribution in [2.45, 2.75) is 24.1 Å². The summed E-state index contributed by atoms with van der Waals surface area (Å²) < 4.78 is 1.06. The number of nitrogens with two attached hydrogens (primary N) is 1. The van der Waals surface area contributed by atoms with Gasteiger partial charge in [0.2, 0.25) is 0 Å². The molecule has 0 saturated heterocycles. The molecule has 90 valence electrons. The van der Waals surface area contributed by atoms with Crippen LogP contribution in [0, 0.1) is 6.92 Å². The number of rotatable bonds is 5. The van der Waals surface area contributed by atoms with E-state index in [4.69, 9.17) is 5.73 Å². The van der Waals surface area contributed by atoms with E-state index in [-0.39, 0.29) is 0 Å². The van der Waals surface area contributed by atoms with Crippen LogP contribution in [0.5, 0.6) is 0 Å². The minimum Gasteiger partial charge on any atom is -0.399 e. The van der Waals surface area contributed by atoms with E-state index >= 15 is 0 Å². The van der Waals surface area contributed by atoms with E-state index in [1.165, 1.54) is 5.56 Å². The van der Waals surface area contributed by atoms with Gasteiger partial charge in [-0.2, -0.15) is 0 Å². The maximum Gasteiger partial charge on any atom is 0.174 e. The molecule has 0 radical (unpaired) electrons. The third kappa shape index (κ3) is 4.02. The smallest absolute Gasteiger partial charge is 0.174 e. The second-order valence-corrected chi connectivity index (χ2v) is 6.31. The first-order valence-corrected chi connectivity index (χ1v) is 7.31. The Morgan fingerprint density at radius 1 is 1.35 bits per heavy atom. The molecule has 2 N–H and O–H groups in total. The summed E-state index contributed by atoms with van der Waals surface area (Å²) in [6.45, 7) is 1.98. The molecular formula is C12H15N3S2. The molecule has 2 rings (SSSR count). The van der Waals surface area contributed by atoms with Crippen molar-refractivity contribution >= 4 is 28.8 Å². The van der Waals surface area contributed by atoms with Gasteiger partial charge in [-0.15, -0.1) is 10.2 Å². The van der Waals surface area contributed by atoms with Crippen LogP contribution in [-0.2, 0) is 6.42 Å². The molecule has 0 fully saturated rings. The van der Waals surface area contributed by atoms with Gasteiger partial charge in [0.15, 0.2) is 4.34 Å². The highest BCUT2D eigenvalue weighted by molar-refractivity contribution is 8.01. The van der Waals surface area contributed by atoms with Crippen LogP contribution in [-0.4, -0.2) is 16.0 Å². The van der Waals surface area contributed by atoms with Crippen LogP contribution in [0.4, 0.5) is 5.69 Å². The Bertz CT molecular complexity index is 482. The summed E-state index contributed by atoms with van der Waals surface area (Å²) in [5.41, 5.74) is 7.88. The minimum absolute atomic E-state index is 0.843. The number of aromatic nitrogens is 2. The van der Waals surface area contributed by atoms with Crippen molar-refractivity contribution < 1.29 is 0 Å². The highest BCUT2D eigenvalue weighted by Gasteiger charge is 2.01. The molecule has 0 aliphatic heterocycles. The number of hydrogen-bond donors (Lipinski definition) is 1. The standard InChI is InChI=1S/C12H15N3S2/c1-9-14-15-12(17-9)16-7-3-5-10-4-2-6-11(13)8-10/h2,4,6,8H,3,5,7,13H2,1H3. The van der Waals surface area contributed by atoms with E-state index in [9.17, 15) is 0 Å². The highest BCUT2D eigenvalue weighted by Crippen LogP contribution is 2.23. The maximum atomic E-state index is 5.73. The SMILES string of the molecule is Cc1nnc(SCCCc2cccc(N)c2)s1. The summed E-state index contributed by atoms with van der Waals surface area (Å²) in [6, 6.07) is 8.09. The zero-order valence-corrected chi connectivity index (χ0v) is 11.4. The number of nitrogen functional groups attached to an aromatic ring is 1. The van der Waals surface area contributed by atoms with Gasteiger partial charge in [-0.05, 0) is 37.5 Å². The Labute approximate surface area is 109 Å². The molecule has 0 spiro atoms. The molecule has 0 aliphatic carbocycles. The van der Waals surface area contributed by atoms with Crippen molar-refractivity contribution in [3.8, 4) is 0 Å². The van der Waals surface area contributed by atoms with E-state index < -0.39 is 0 Å². The van der Waals surface area contributed by atoms with Gasteiger partial charge in [0.25, 0.3) is 0 Å². The minimum atomic E-state index is 0.843. The zero-order valence-electron chi connectivity index (χ0n) is 9.72. The van der Waals surface area contributed by atoms with Gasteiger partial charge >= 0.3 is 0 Å². The lowest BCUT2D eigenvalue weighted by molar-refractivity contribution is 0.928. The summed E-state index contributed by atoms with van der Waals surface area (Å²) in [7, 11) is 0. The molecule has 0 bridgehead atoms. The molecule has 0 aliphatic rings. The summed E-state index contributed by atoms with van der Waals surface area (Å²) in [6.07, 6.45) is 2.20. The predicted octanol–water partition coefficient (Wildman–Crippen LogP) is 3.15. The Balaban J connectivity index is 1.73. The lowest BCUT2D eigenvalue weighted by Gasteiger charge is -2.01. The quantitative estimate of drug-likeness (QED) is 0.512. The lowest BCUT2D eigenvalue weighted by atomic mass is 10.1. The molecule has 0 saturated carbocycles. The second-order valence-electron chi connectivity index (χ2n) is 3.78. The summed E-state index contributed by atoms with van der Waals surface area (Å²) >= 11 is 3.44. The topological polar surface area (TPSA) is 51.8 Å². The van der Waals surface area contributed by atoms with Crippen LogP contribution in [0.3, 0.4) is 0 Å². The molecule has 17 heavy (non-hydrogen) atoms. The van der Waals surface area contributed by atoms with Crippen LogP contribution in [0.1, 0.15) is 17.0 Å². The molecule has 0 unspecified atom stereocenters. The third-order valence-electron chi connectivity index (χ3n) is 2.29. The second kappa shape index (κ2) is 6.02. The fourth-order valence-corrected chi connectivity index (χ4v) is 3.35. The zero-order chi connectivity index (χ0) is 12.1. The van der Waals surface area contributed by atoms with E-state index in [2.05, 4.69) is 16.3 Å². The molecule has 2 aromatic rings. The summed E-state index contributed by atoms with van der Waals surface area (Å²) in [4.78, 5) is 0. The molecule has 1 aromatic heterocycles. The van der Waals surface area contributed by atoms with Gasteiger partial charge in [-0.1, -0.05) is 35.2 Å². The molecule has 0 atom stereocenters. The Kier molecular flexibility index (Phi) is 4.39. The van der Waals surface area contributed by atoms with Gasteiger partial charge in [-0.25, -0.2) is 0 Å². The fourth-order valence-electron chi connectivity index (χ4n) is 1.52. The van der Waals surface area contributed by atoms with Crippen LogP contribution in [0.2, 0.25) is 0 Å². The van der Waals surface area contributed by atoms with Gasteiger partial charge in [0.05, 0.1) is 0 Å². The van der Waals surface area contributed by atoms with Crippen molar-refractivity contribution in [3.05, 3.63) is 34.8 Å². The average Bonchev–Trinajstić information content (AvgIpc) is 2.71. The van der Waals surface area contributed by atoms with E-state index in [1.807, 2.05) is 25.1 Å². The maximum absolute atomic E-state index is 5.73. The van der Waals surface area contributed by atoms with Crippen molar-refractivity contribution in [1.29, 1.82) is 0 Å². The first-order valence-electron chi connectivity index (χ1n) is 5.51. The van der Waals surface area contributed by atoms with Crippen molar-refractivity contribution in [2.24, 2.45) is 0 Å². The van der Waals surface area contributed by atoms with E-state index in [0.717, 1.165) is 33.6 Å². The van der Waals surface area contributed by atoms with Crippen LogP contribution in [0.25, 0.3) is 0 Å². The van der Waals surface area contributed by atoms with Crippen LogP contribution < -0.4 is 5.73 Å². The van der Waals surface area contributed by atoms with Crippen molar-refractivity contribution in [2.75, 3.05) is 11.5 Å². The monoisotopic (exact) mass is 265 g/mol. The number of hydrogen-bond acceptors (Lipinski definition) is 5. The molecular weight excluding hydrogens is 250 g/mol. The fraction of sp³-hybridized carbons (Fsp3) is 0.333. The first-order chi connectivity index (χ1) is 8.24. The summed E-state index contributed by atoms with van der Waals surface area (Å²) in [5.74, 6) is 1.07. The van der Waals surface area contributed by atoms with Gasteiger partial charge < -0.3 is 5.73 Å². The molecule has 1 heterocycles. The third-order valence-corrected chi connectivity index (χ3v) is 4.35. The number of benzene rings is 1. The normalized spacial score (nSPS) is 10.6. The molecule has 0 amide bonds. The Morgan fingerprint density at radius 3 is 2.94 bits per heavy atom. The van der Waals surface area contributed by atoms with Crippen molar-refractivity contribution in [1.82, 2.24) is 10.2 Å². The Hall–Kier alpha value is -1.07. The van der Waals surface area contributed by atoms with E-state index in [0.29, 0.717) is 0 Å². The first kappa shape index (κ1) is 12.4. The molecule has 5 heteroatoms. The summed E-state index contributed by atoms with van der Waals surface area (Å²) in [5, 5.41) is 9.11. The average molecular weight is 265 g/mol.